The van der Waals surface area contributed by atoms with E-state index in [0.29, 0.717) is 0 Å². The van der Waals surface area contributed by atoms with Crippen molar-refractivity contribution in [1.29, 1.82) is 0 Å². The fourth-order valence-corrected chi connectivity index (χ4v) is 3.27. The van der Waals surface area contributed by atoms with Crippen LogP contribution in [-0.2, 0) is 6.54 Å². The van der Waals surface area contributed by atoms with Crippen LogP contribution in [0.1, 0.15) is 22.3 Å². The van der Waals surface area contributed by atoms with Gasteiger partial charge in [-0.05, 0) is 49.6 Å². The summed E-state index contributed by atoms with van der Waals surface area (Å²) in [5, 5.41) is 2.01. The molecule has 0 saturated carbocycles. The predicted molar refractivity (Wildman–Crippen MR) is 86.7 cm³/mol. The number of hydrogen-bond acceptors (Lipinski definition) is 0. The first-order valence-corrected chi connectivity index (χ1v) is 7.24. The molecule has 0 aliphatic heterocycles. The number of nitrogens with zero attached hydrogens (tertiary/aromatic N) is 1. The molecule has 0 amide bonds. The first-order valence-electron chi connectivity index (χ1n) is 6.86. The van der Waals surface area contributed by atoms with Crippen LogP contribution in [-0.4, -0.2) is 4.57 Å². The van der Waals surface area contributed by atoms with E-state index in [4.69, 9.17) is 11.6 Å². The van der Waals surface area contributed by atoms with Crippen LogP contribution in [0, 0.1) is 20.8 Å². The van der Waals surface area contributed by atoms with Gasteiger partial charge in [-0.2, -0.15) is 0 Å². The average Bonchev–Trinajstić information content (AvgIpc) is 2.78. The quantitative estimate of drug-likeness (QED) is 0.604. The van der Waals surface area contributed by atoms with E-state index in [1.54, 1.807) is 0 Å². The molecule has 0 spiro atoms. The Kier molecular flexibility index (Phi) is 3.31. The summed E-state index contributed by atoms with van der Waals surface area (Å²) in [6.07, 6.45) is 2.12. The van der Waals surface area contributed by atoms with Crippen molar-refractivity contribution in [3.05, 3.63) is 69.9 Å². The molecule has 0 fully saturated rings. The first kappa shape index (κ1) is 13.3. The van der Waals surface area contributed by atoms with Gasteiger partial charge in [0.15, 0.2) is 0 Å². The molecule has 0 aliphatic rings. The molecule has 0 radical (unpaired) electrons. The van der Waals surface area contributed by atoms with Gasteiger partial charge in [-0.1, -0.05) is 41.4 Å². The van der Waals surface area contributed by atoms with Gasteiger partial charge in [-0.15, -0.1) is 0 Å². The molecule has 0 saturated heterocycles. The van der Waals surface area contributed by atoms with E-state index in [1.165, 1.54) is 27.6 Å². The highest BCUT2D eigenvalue weighted by Gasteiger charge is 2.09. The Balaban J connectivity index is 2.11. The SMILES string of the molecule is Cc1cc(C)c(Cn2ccc3cccc(Cl)c32)c(C)c1. The van der Waals surface area contributed by atoms with Crippen LogP contribution < -0.4 is 0 Å². The fraction of sp³-hybridized carbons (Fsp3) is 0.222. The zero-order valence-electron chi connectivity index (χ0n) is 12.1. The maximum atomic E-state index is 6.35. The van der Waals surface area contributed by atoms with Crippen molar-refractivity contribution >= 4 is 22.5 Å². The molecule has 0 bridgehead atoms. The van der Waals surface area contributed by atoms with Crippen molar-refractivity contribution in [3.8, 4) is 0 Å². The highest BCUT2D eigenvalue weighted by atomic mass is 35.5. The van der Waals surface area contributed by atoms with E-state index in [2.05, 4.69) is 55.8 Å². The second kappa shape index (κ2) is 4.99. The third kappa shape index (κ3) is 2.23. The summed E-state index contributed by atoms with van der Waals surface area (Å²) < 4.78 is 2.24. The molecule has 1 heterocycles. The van der Waals surface area contributed by atoms with Gasteiger partial charge in [-0.25, -0.2) is 0 Å². The van der Waals surface area contributed by atoms with Crippen LogP contribution in [0.5, 0.6) is 0 Å². The van der Waals surface area contributed by atoms with Crippen molar-refractivity contribution < 1.29 is 0 Å². The van der Waals surface area contributed by atoms with Gasteiger partial charge in [0.1, 0.15) is 0 Å². The highest BCUT2D eigenvalue weighted by molar-refractivity contribution is 6.35. The number of para-hydroxylation sites is 1. The third-order valence-electron chi connectivity index (χ3n) is 3.91. The largest absolute Gasteiger partial charge is 0.342 e. The van der Waals surface area contributed by atoms with E-state index in [1.807, 2.05) is 12.1 Å². The minimum absolute atomic E-state index is 0.815. The van der Waals surface area contributed by atoms with Gasteiger partial charge >= 0.3 is 0 Å². The molecule has 0 aliphatic carbocycles. The molecule has 2 heteroatoms. The molecule has 0 unspecified atom stereocenters. The smallest absolute Gasteiger partial charge is 0.0672 e. The number of aryl methyl sites for hydroxylation is 3. The van der Waals surface area contributed by atoms with Crippen LogP contribution in [0.15, 0.2) is 42.6 Å². The van der Waals surface area contributed by atoms with Gasteiger partial charge in [0.05, 0.1) is 10.5 Å². The van der Waals surface area contributed by atoms with Crippen LogP contribution in [0.2, 0.25) is 5.02 Å². The Labute approximate surface area is 124 Å². The Morgan fingerprint density at radius 1 is 1.00 bits per heavy atom. The van der Waals surface area contributed by atoms with Crippen molar-refractivity contribution in [3.63, 3.8) is 0 Å². The second-order valence-electron chi connectivity index (χ2n) is 5.50. The maximum Gasteiger partial charge on any atom is 0.0672 e. The van der Waals surface area contributed by atoms with Crippen LogP contribution in [0.4, 0.5) is 0 Å². The topological polar surface area (TPSA) is 4.93 Å². The van der Waals surface area contributed by atoms with Gasteiger partial charge < -0.3 is 4.57 Å². The number of fused-ring (bicyclic) bond motifs is 1. The number of hydrogen-bond donors (Lipinski definition) is 0. The third-order valence-corrected chi connectivity index (χ3v) is 4.21. The number of aromatic nitrogens is 1. The predicted octanol–water partition coefficient (Wildman–Crippen LogP) is 5.27. The molecular formula is C18H18ClN. The number of benzene rings is 2. The fourth-order valence-electron chi connectivity index (χ4n) is 2.98. The van der Waals surface area contributed by atoms with Gasteiger partial charge in [0.2, 0.25) is 0 Å². The summed E-state index contributed by atoms with van der Waals surface area (Å²) in [7, 11) is 0. The molecule has 20 heavy (non-hydrogen) atoms. The van der Waals surface area contributed by atoms with Crippen molar-refractivity contribution in [2.75, 3.05) is 0 Å². The summed E-state index contributed by atoms with van der Waals surface area (Å²) in [5.74, 6) is 0. The molecule has 0 atom stereocenters. The molecule has 1 aromatic heterocycles. The Bertz CT molecular complexity index is 760. The van der Waals surface area contributed by atoms with Crippen LogP contribution in [0.25, 0.3) is 10.9 Å². The van der Waals surface area contributed by atoms with Gasteiger partial charge in [0.25, 0.3) is 0 Å². The van der Waals surface area contributed by atoms with E-state index in [0.717, 1.165) is 17.1 Å². The minimum Gasteiger partial charge on any atom is -0.342 e. The molecule has 102 valence electrons. The van der Waals surface area contributed by atoms with Crippen molar-refractivity contribution in [1.82, 2.24) is 4.57 Å². The first-order chi connectivity index (χ1) is 9.56. The highest BCUT2D eigenvalue weighted by Crippen LogP contribution is 2.26. The molecule has 3 rings (SSSR count). The Morgan fingerprint density at radius 2 is 1.70 bits per heavy atom. The second-order valence-corrected chi connectivity index (χ2v) is 5.91. The summed E-state index contributed by atoms with van der Waals surface area (Å²) in [4.78, 5) is 0. The van der Waals surface area contributed by atoms with Gasteiger partial charge in [0, 0.05) is 18.1 Å². The van der Waals surface area contributed by atoms with E-state index in [9.17, 15) is 0 Å². The summed E-state index contributed by atoms with van der Waals surface area (Å²) in [5.41, 5.74) is 6.51. The molecule has 3 aromatic rings. The van der Waals surface area contributed by atoms with Gasteiger partial charge in [-0.3, -0.25) is 0 Å². The lowest BCUT2D eigenvalue weighted by molar-refractivity contribution is 0.823. The number of rotatable bonds is 2. The lowest BCUT2D eigenvalue weighted by Gasteiger charge is -2.13. The van der Waals surface area contributed by atoms with Crippen molar-refractivity contribution in [2.45, 2.75) is 27.3 Å². The zero-order valence-corrected chi connectivity index (χ0v) is 12.8. The molecular weight excluding hydrogens is 266 g/mol. The summed E-state index contributed by atoms with van der Waals surface area (Å²) >= 11 is 6.35. The monoisotopic (exact) mass is 283 g/mol. The average molecular weight is 284 g/mol. The minimum atomic E-state index is 0.815. The lowest BCUT2D eigenvalue weighted by atomic mass is 10.00. The van der Waals surface area contributed by atoms with E-state index in [-0.39, 0.29) is 0 Å². The van der Waals surface area contributed by atoms with Crippen LogP contribution >= 0.6 is 11.6 Å². The molecule has 0 N–H and O–H groups in total. The molecule has 1 nitrogen and oxygen atoms in total. The molecule has 2 aromatic carbocycles. The standard InChI is InChI=1S/C18H18ClN/c1-12-9-13(2)16(14(3)10-12)11-20-8-7-15-5-4-6-17(19)18(15)20/h4-10H,11H2,1-3H3. The lowest BCUT2D eigenvalue weighted by Crippen LogP contribution is -2.03. The van der Waals surface area contributed by atoms with E-state index < -0.39 is 0 Å². The number of halogens is 1. The van der Waals surface area contributed by atoms with Crippen molar-refractivity contribution in [2.24, 2.45) is 0 Å². The van der Waals surface area contributed by atoms with E-state index >= 15 is 0 Å². The van der Waals surface area contributed by atoms with Crippen LogP contribution in [0.3, 0.4) is 0 Å². The zero-order chi connectivity index (χ0) is 14.3. The Morgan fingerprint density at radius 3 is 2.40 bits per heavy atom. The maximum absolute atomic E-state index is 6.35. The normalized spacial score (nSPS) is 11.2. The Hall–Kier alpha value is -1.73. The summed E-state index contributed by atoms with van der Waals surface area (Å²) in [6, 6.07) is 12.7. The summed E-state index contributed by atoms with van der Waals surface area (Å²) in [6.45, 7) is 7.38.